The molecule has 1 atom stereocenters. The number of nitrogens with zero attached hydrogens (tertiary/aromatic N) is 1. The van der Waals surface area contributed by atoms with Crippen LogP contribution in [0.15, 0.2) is 24.3 Å². The highest BCUT2D eigenvalue weighted by molar-refractivity contribution is 9.39. The molecule has 0 radical (unpaired) electrons. The highest BCUT2D eigenvalue weighted by atomic mass is 80.0. The van der Waals surface area contributed by atoms with Gasteiger partial charge >= 0.3 is 0 Å². The molecule has 1 amide bonds. The van der Waals surface area contributed by atoms with E-state index in [0.29, 0.717) is 18.8 Å². The number of amides is 1. The predicted molar refractivity (Wildman–Crippen MR) is 94.3 cm³/mol. The number of halogens is 3. The second kappa shape index (κ2) is 7.55. The summed E-state index contributed by atoms with van der Waals surface area (Å²) in [4.78, 5) is 14.6. The zero-order valence-corrected chi connectivity index (χ0v) is 16.4. The summed E-state index contributed by atoms with van der Waals surface area (Å²) in [6.07, 6.45) is -0.241. The number of nitrogens with one attached hydrogen (secondary N) is 1. The minimum Gasteiger partial charge on any atom is -0.379 e. The number of carbonyl (C=O) groups is 1. The first-order chi connectivity index (χ1) is 9.88. The van der Waals surface area contributed by atoms with Gasteiger partial charge in [0.2, 0.25) is 0 Å². The van der Waals surface area contributed by atoms with E-state index in [2.05, 4.69) is 58.0 Å². The standard InChI is InChI=1S/C14H17Br3N2O2/c1-10-2-4-11(5-3-10)12(20)18-13(14(15,16)17)19-6-8-21-9-7-19/h2-5,13H,6-9H2,1H3,(H,18,20). The molecule has 1 aromatic carbocycles. The molecule has 116 valence electrons. The predicted octanol–water partition coefficient (Wildman–Crippen LogP) is 3.22. The molecule has 2 rings (SSSR count). The summed E-state index contributed by atoms with van der Waals surface area (Å²) < 4.78 is 4.77. The number of aryl methyl sites for hydroxylation is 1. The molecule has 1 fully saturated rings. The number of carbonyl (C=O) groups excluding carboxylic acids is 1. The molecular weight excluding hydrogens is 468 g/mol. The lowest BCUT2D eigenvalue weighted by Gasteiger charge is -2.39. The van der Waals surface area contributed by atoms with Gasteiger partial charge in [0.15, 0.2) is 2.14 Å². The van der Waals surface area contributed by atoms with Gasteiger partial charge in [-0.2, -0.15) is 0 Å². The van der Waals surface area contributed by atoms with Gasteiger partial charge in [0.05, 0.1) is 13.2 Å². The van der Waals surface area contributed by atoms with E-state index in [-0.39, 0.29) is 12.1 Å². The summed E-state index contributed by atoms with van der Waals surface area (Å²) >= 11 is 10.6. The Hall–Kier alpha value is 0.0500. The number of rotatable bonds is 3. The van der Waals surface area contributed by atoms with Crippen LogP contribution in [-0.4, -0.2) is 45.4 Å². The molecule has 1 aromatic rings. The lowest BCUT2D eigenvalue weighted by atomic mass is 10.1. The van der Waals surface area contributed by atoms with Crippen LogP contribution in [-0.2, 0) is 4.74 Å². The van der Waals surface area contributed by atoms with Crippen molar-refractivity contribution in [1.29, 1.82) is 0 Å². The molecule has 1 N–H and O–H groups in total. The topological polar surface area (TPSA) is 41.6 Å². The number of alkyl halides is 3. The smallest absolute Gasteiger partial charge is 0.252 e. The van der Waals surface area contributed by atoms with Crippen molar-refractivity contribution in [3.8, 4) is 0 Å². The van der Waals surface area contributed by atoms with Crippen molar-refractivity contribution in [3.63, 3.8) is 0 Å². The van der Waals surface area contributed by atoms with E-state index in [9.17, 15) is 4.79 Å². The molecule has 21 heavy (non-hydrogen) atoms. The van der Waals surface area contributed by atoms with Gasteiger partial charge in [-0.05, 0) is 19.1 Å². The van der Waals surface area contributed by atoms with Crippen LogP contribution in [0.1, 0.15) is 15.9 Å². The van der Waals surface area contributed by atoms with Crippen LogP contribution in [0.2, 0.25) is 0 Å². The Kier molecular flexibility index (Phi) is 6.25. The average Bonchev–Trinajstić information content (AvgIpc) is 2.45. The first-order valence-corrected chi connectivity index (χ1v) is 9.02. The van der Waals surface area contributed by atoms with Gasteiger partial charge in [-0.25, -0.2) is 0 Å². The van der Waals surface area contributed by atoms with Crippen LogP contribution in [0.4, 0.5) is 0 Å². The van der Waals surface area contributed by atoms with Crippen LogP contribution in [0.25, 0.3) is 0 Å². The fourth-order valence-corrected chi connectivity index (χ4v) is 3.34. The molecule has 0 aliphatic carbocycles. The molecular formula is C14H17Br3N2O2. The third kappa shape index (κ3) is 5.03. The van der Waals surface area contributed by atoms with Gasteiger partial charge in [0, 0.05) is 18.7 Å². The van der Waals surface area contributed by atoms with Gasteiger partial charge in [-0.1, -0.05) is 65.5 Å². The minimum absolute atomic E-state index is 0.103. The second-order valence-electron chi connectivity index (χ2n) is 4.93. The lowest BCUT2D eigenvalue weighted by molar-refractivity contribution is 0.0121. The Bertz CT molecular complexity index is 482. The zero-order chi connectivity index (χ0) is 15.5. The summed E-state index contributed by atoms with van der Waals surface area (Å²) in [5.41, 5.74) is 1.78. The van der Waals surface area contributed by atoms with Crippen molar-refractivity contribution < 1.29 is 9.53 Å². The van der Waals surface area contributed by atoms with Crippen molar-refractivity contribution in [2.45, 2.75) is 15.2 Å². The van der Waals surface area contributed by atoms with Crippen molar-refractivity contribution in [1.82, 2.24) is 10.2 Å². The maximum absolute atomic E-state index is 12.4. The van der Waals surface area contributed by atoms with E-state index in [4.69, 9.17) is 4.74 Å². The molecule has 1 aliphatic rings. The first kappa shape index (κ1) is 17.4. The molecule has 0 aromatic heterocycles. The normalized spacial score (nSPS) is 18.3. The van der Waals surface area contributed by atoms with Crippen LogP contribution in [0.3, 0.4) is 0 Å². The Balaban J connectivity index is 2.10. The van der Waals surface area contributed by atoms with Gasteiger partial charge in [0.25, 0.3) is 5.91 Å². The second-order valence-corrected chi connectivity index (χ2v) is 11.9. The maximum atomic E-state index is 12.4. The Morgan fingerprint density at radius 2 is 1.81 bits per heavy atom. The summed E-state index contributed by atoms with van der Waals surface area (Å²) in [6.45, 7) is 4.87. The summed E-state index contributed by atoms with van der Waals surface area (Å²) in [5.74, 6) is -0.103. The Morgan fingerprint density at radius 3 is 2.33 bits per heavy atom. The van der Waals surface area contributed by atoms with Gasteiger partial charge < -0.3 is 10.1 Å². The van der Waals surface area contributed by atoms with Crippen LogP contribution >= 0.6 is 47.8 Å². The van der Waals surface area contributed by atoms with Crippen LogP contribution < -0.4 is 5.32 Å². The number of ether oxygens (including phenoxy) is 1. The van der Waals surface area contributed by atoms with Crippen molar-refractivity contribution in [2.24, 2.45) is 0 Å². The quantitative estimate of drug-likeness (QED) is 0.670. The molecule has 0 saturated carbocycles. The highest BCUT2D eigenvalue weighted by Gasteiger charge is 2.37. The van der Waals surface area contributed by atoms with Crippen molar-refractivity contribution in [2.75, 3.05) is 26.3 Å². The molecule has 0 spiro atoms. The van der Waals surface area contributed by atoms with E-state index in [0.717, 1.165) is 18.7 Å². The van der Waals surface area contributed by atoms with E-state index in [1.165, 1.54) is 0 Å². The highest BCUT2D eigenvalue weighted by Crippen LogP contribution is 2.38. The first-order valence-electron chi connectivity index (χ1n) is 6.64. The fraction of sp³-hybridized carbons (Fsp3) is 0.500. The zero-order valence-electron chi connectivity index (χ0n) is 11.6. The number of hydrogen-bond acceptors (Lipinski definition) is 3. The van der Waals surface area contributed by atoms with Gasteiger partial charge in [-0.3, -0.25) is 9.69 Å². The summed E-state index contributed by atoms with van der Waals surface area (Å²) in [7, 11) is 0. The molecule has 1 heterocycles. The lowest BCUT2D eigenvalue weighted by Crippen LogP contribution is -2.57. The van der Waals surface area contributed by atoms with Gasteiger partial charge in [0.1, 0.15) is 6.17 Å². The third-order valence-electron chi connectivity index (χ3n) is 3.30. The summed E-state index contributed by atoms with van der Waals surface area (Å²) in [6, 6.07) is 7.53. The number of morpholine rings is 1. The Morgan fingerprint density at radius 1 is 1.24 bits per heavy atom. The monoisotopic (exact) mass is 482 g/mol. The number of hydrogen-bond donors (Lipinski definition) is 1. The average molecular weight is 485 g/mol. The van der Waals surface area contributed by atoms with Crippen molar-refractivity contribution >= 4 is 53.7 Å². The minimum atomic E-state index is -0.593. The van der Waals surface area contributed by atoms with E-state index < -0.39 is 2.14 Å². The maximum Gasteiger partial charge on any atom is 0.252 e. The molecule has 7 heteroatoms. The molecule has 1 aliphatic heterocycles. The molecule has 4 nitrogen and oxygen atoms in total. The fourth-order valence-electron chi connectivity index (χ4n) is 2.13. The molecule has 1 saturated heterocycles. The summed E-state index contributed by atoms with van der Waals surface area (Å²) in [5, 5.41) is 3.05. The third-order valence-corrected chi connectivity index (χ3v) is 4.60. The Labute approximate surface area is 150 Å². The van der Waals surface area contributed by atoms with Crippen molar-refractivity contribution in [3.05, 3.63) is 35.4 Å². The van der Waals surface area contributed by atoms with Crippen LogP contribution in [0.5, 0.6) is 0 Å². The van der Waals surface area contributed by atoms with E-state index in [1.807, 2.05) is 31.2 Å². The number of benzene rings is 1. The largest absolute Gasteiger partial charge is 0.379 e. The molecule has 1 unspecified atom stereocenters. The molecule has 0 bridgehead atoms. The SMILES string of the molecule is Cc1ccc(C(=O)NC(N2CCOCC2)C(Br)(Br)Br)cc1. The van der Waals surface area contributed by atoms with Gasteiger partial charge in [-0.15, -0.1) is 0 Å². The van der Waals surface area contributed by atoms with Crippen LogP contribution in [0, 0.1) is 6.92 Å². The van der Waals surface area contributed by atoms with E-state index >= 15 is 0 Å². The van der Waals surface area contributed by atoms with E-state index in [1.54, 1.807) is 0 Å².